The molecule has 2 N–H and O–H groups in total. The molecule has 3 amide bonds. The molecule has 30 heavy (non-hydrogen) atoms. The lowest BCUT2D eigenvalue weighted by molar-refractivity contribution is -0.128. The van der Waals surface area contributed by atoms with Crippen molar-refractivity contribution < 1.29 is 9.59 Å². The Kier molecular flexibility index (Phi) is 7.14. The maximum atomic E-state index is 12.1. The lowest BCUT2D eigenvalue weighted by atomic mass is 9.86. The minimum atomic E-state index is -0.165. The van der Waals surface area contributed by atoms with Gasteiger partial charge in [-0.05, 0) is 40.5 Å². The smallest absolute Gasteiger partial charge is 0.315 e. The summed E-state index contributed by atoms with van der Waals surface area (Å²) in [4.78, 5) is 25.8. The highest BCUT2D eigenvalue weighted by molar-refractivity contribution is 5.78. The Bertz CT molecular complexity index is 869. The number of carbonyl (C=O) groups excluding carboxylic acids is 2. The molecule has 5 nitrogen and oxygen atoms in total. The monoisotopic (exact) mass is 407 g/mol. The first-order valence-corrected chi connectivity index (χ1v) is 10.8. The van der Waals surface area contributed by atoms with Gasteiger partial charge in [-0.15, -0.1) is 0 Å². The molecule has 1 saturated heterocycles. The van der Waals surface area contributed by atoms with Crippen molar-refractivity contribution >= 4 is 11.9 Å². The van der Waals surface area contributed by atoms with E-state index in [2.05, 4.69) is 61.7 Å². The van der Waals surface area contributed by atoms with Gasteiger partial charge in [-0.1, -0.05) is 69.3 Å². The average Bonchev–Trinajstić information content (AvgIpc) is 3.11. The van der Waals surface area contributed by atoms with E-state index in [1.807, 2.05) is 23.1 Å². The van der Waals surface area contributed by atoms with Gasteiger partial charge in [-0.3, -0.25) is 4.79 Å². The fraction of sp³-hybridized carbons (Fsp3) is 0.440. The van der Waals surface area contributed by atoms with Gasteiger partial charge in [0.25, 0.3) is 0 Å². The third-order valence-corrected chi connectivity index (χ3v) is 5.51. The molecule has 0 unspecified atom stereocenters. The standard InChI is InChI=1S/C25H33N3O2/c1-25(2,3)22-11-9-19(10-12-22)13-14-26-24(30)27-17-20-6-4-7-21(16-20)18-28-15-5-8-23(28)29/h4,6-7,9-12,16H,5,8,13-15,17-18H2,1-3H3,(H2,26,27,30). The minimum Gasteiger partial charge on any atom is -0.338 e. The summed E-state index contributed by atoms with van der Waals surface area (Å²) in [5, 5.41) is 5.84. The van der Waals surface area contributed by atoms with Crippen molar-refractivity contribution in [3.05, 3.63) is 70.8 Å². The van der Waals surface area contributed by atoms with Crippen LogP contribution in [-0.2, 0) is 29.7 Å². The molecule has 0 bridgehead atoms. The molecule has 0 aromatic heterocycles. The number of nitrogens with one attached hydrogen (secondary N) is 2. The summed E-state index contributed by atoms with van der Waals surface area (Å²) in [5.74, 6) is 0.228. The van der Waals surface area contributed by atoms with E-state index in [0.29, 0.717) is 26.1 Å². The van der Waals surface area contributed by atoms with Gasteiger partial charge < -0.3 is 15.5 Å². The van der Waals surface area contributed by atoms with Gasteiger partial charge in [0.15, 0.2) is 0 Å². The van der Waals surface area contributed by atoms with Gasteiger partial charge >= 0.3 is 6.03 Å². The van der Waals surface area contributed by atoms with E-state index in [1.54, 1.807) is 0 Å². The van der Waals surface area contributed by atoms with Crippen LogP contribution in [0.3, 0.4) is 0 Å². The van der Waals surface area contributed by atoms with Crippen LogP contribution in [0.1, 0.15) is 55.9 Å². The molecule has 1 heterocycles. The van der Waals surface area contributed by atoms with Crippen LogP contribution in [0.15, 0.2) is 48.5 Å². The number of likely N-dealkylation sites (tertiary alicyclic amines) is 1. The van der Waals surface area contributed by atoms with E-state index >= 15 is 0 Å². The van der Waals surface area contributed by atoms with Gasteiger partial charge in [-0.25, -0.2) is 4.79 Å². The fourth-order valence-electron chi connectivity index (χ4n) is 3.67. The highest BCUT2D eigenvalue weighted by Crippen LogP contribution is 2.22. The summed E-state index contributed by atoms with van der Waals surface area (Å²) in [5.41, 5.74) is 4.81. The molecule has 5 heteroatoms. The fourth-order valence-corrected chi connectivity index (χ4v) is 3.67. The zero-order valence-corrected chi connectivity index (χ0v) is 18.3. The molecule has 1 aliphatic heterocycles. The second-order valence-corrected chi connectivity index (χ2v) is 9.05. The Morgan fingerprint density at radius 2 is 1.73 bits per heavy atom. The van der Waals surface area contributed by atoms with Crippen molar-refractivity contribution in [3.8, 4) is 0 Å². The normalized spacial score (nSPS) is 14.1. The highest BCUT2D eigenvalue weighted by Gasteiger charge is 2.20. The Labute approximate surface area is 179 Å². The van der Waals surface area contributed by atoms with Gasteiger partial charge in [0.1, 0.15) is 0 Å². The first-order chi connectivity index (χ1) is 14.3. The first kappa shape index (κ1) is 21.9. The van der Waals surface area contributed by atoms with E-state index in [9.17, 15) is 9.59 Å². The van der Waals surface area contributed by atoms with Gasteiger partial charge in [0, 0.05) is 32.6 Å². The van der Waals surface area contributed by atoms with Crippen molar-refractivity contribution in [1.82, 2.24) is 15.5 Å². The first-order valence-electron chi connectivity index (χ1n) is 10.8. The van der Waals surface area contributed by atoms with E-state index in [0.717, 1.165) is 30.5 Å². The van der Waals surface area contributed by atoms with Crippen molar-refractivity contribution in [2.24, 2.45) is 0 Å². The van der Waals surface area contributed by atoms with E-state index < -0.39 is 0 Å². The number of urea groups is 1. The second-order valence-electron chi connectivity index (χ2n) is 9.05. The molecule has 0 atom stereocenters. The molecule has 2 aromatic rings. The molecular formula is C25H33N3O2. The Balaban J connectivity index is 1.40. The lowest BCUT2D eigenvalue weighted by Crippen LogP contribution is -2.36. The summed E-state index contributed by atoms with van der Waals surface area (Å²) >= 11 is 0. The highest BCUT2D eigenvalue weighted by atomic mass is 16.2. The summed E-state index contributed by atoms with van der Waals surface area (Å²) in [7, 11) is 0. The van der Waals surface area contributed by atoms with Crippen LogP contribution in [0.4, 0.5) is 4.79 Å². The van der Waals surface area contributed by atoms with Crippen LogP contribution in [-0.4, -0.2) is 29.9 Å². The molecule has 2 aromatic carbocycles. The molecule has 0 spiro atoms. The average molecular weight is 408 g/mol. The number of hydrogen-bond acceptors (Lipinski definition) is 2. The van der Waals surface area contributed by atoms with Crippen molar-refractivity contribution in [3.63, 3.8) is 0 Å². The molecule has 1 aliphatic rings. The largest absolute Gasteiger partial charge is 0.338 e. The second kappa shape index (κ2) is 9.79. The Morgan fingerprint density at radius 1 is 1.00 bits per heavy atom. The van der Waals surface area contributed by atoms with Crippen LogP contribution >= 0.6 is 0 Å². The zero-order chi connectivity index (χ0) is 21.6. The lowest BCUT2D eigenvalue weighted by Gasteiger charge is -2.19. The molecule has 0 aliphatic carbocycles. The van der Waals surface area contributed by atoms with Crippen molar-refractivity contribution in [2.45, 2.75) is 58.5 Å². The van der Waals surface area contributed by atoms with Gasteiger partial charge in [0.2, 0.25) is 5.91 Å². The number of amides is 3. The van der Waals surface area contributed by atoms with Crippen molar-refractivity contribution in [1.29, 1.82) is 0 Å². The minimum absolute atomic E-state index is 0.151. The molecule has 3 rings (SSSR count). The summed E-state index contributed by atoms with van der Waals surface area (Å²) in [6.45, 7) is 9.15. The quantitative estimate of drug-likeness (QED) is 0.724. The molecule has 0 radical (unpaired) electrons. The third kappa shape index (κ3) is 6.34. The predicted molar refractivity (Wildman–Crippen MR) is 120 cm³/mol. The van der Waals surface area contributed by atoms with Crippen LogP contribution in [0.5, 0.6) is 0 Å². The van der Waals surface area contributed by atoms with Crippen LogP contribution in [0.25, 0.3) is 0 Å². The molecule has 0 saturated carbocycles. The van der Waals surface area contributed by atoms with E-state index in [-0.39, 0.29) is 17.4 Å². The Hall–Kier alpha value is -2.82. The number of carbonyl (C=O) groups is 2. The maximum Gasteiger partial charge on any atom is 0.315 e. The van der Waals surface area contributed by atoms with Crippen LogP contribution in [0.2, 0.25) is 0 Å². The third-order valence-electron chi connectivity index (χ3n) is 5.51. The van der Waals surface area contributed by atoms with E-state index in [4.69, 9.17) is 0 Å². The summed E-state index contributed by atoms with van der Waals surface area (Å²) in [6.07, 6.45) is 2.40. The maximum absolute atomic E-state index is 12.1. The molecule has 160 valence electrons. The van der Waals surface area contributed by atoms with Crippen molar-refractivity contribution in [2.75, 3.05) is 13.1 Å². The van der Waals surface area contributed by atoms with Gasteiger partial charge in [0.05, 0.1) is 0 Å². The number of nitrogens with zero attached hydrogens (tertiary/aromatic N) is 1. The van der Waals surface area contributed by atoms with E-state index in [1.165, 1.54) is 11.1 Å². The van der Waals surface area contributed by atoms with Gasteiger partial charge in [-0.2, -0.15) is 0 Å². The molecule has 1 fully saturated rings. The van der Waals surface area contributed by atoms with Crippen LogP contribution < -0.4 is 10.6 Å². The zero-order valence-electron chi connectivity index (χ0n) is 18.3. The number of rotatable bonds is 7. The topological polar surface area (TPSA) is 61.4 Å². The number of benzene rings is 2. The number of hydrogen-bond donors (Lipinski definition) is 2. The SMILES string of the molecule is CC(C)(C)c1ccc(CCNC(=O)NCc2cccc(CN3CCCC3=O)c2)cc1. The summed E-state index contributed by atoms with van der Waals surface area (Å²) in [6, 6.07) is 16.5. The van der Waals surface area contributed by atoms with Crippen LogP contribution in [0, 0.1) is 0 Å². The summed E-state index contributed by atoms with van der Waals surface area (Å²) < 4.78 is 0. The molecular weight excluding hydrogens is 374 g/mol. The predicted octanol–water partition coefficient (Wildman–Crippen LogP) is 4.15. The Morgan fingerprint density at radius 3 is 2.40 bits per heavy atom.